The van der Waals surface area contributed by atoms with Crippen molar-refractivity contribution < 1.29 is 13.2 Å². The van der Waals surface area contributed by atoms with E-state index < -0.39 is 11.7 Å². The lowest BCUT2D eigenvalue weighted by Gasteiger charge is -2.29. The number of nitriles is 1. The number of hydrogen-bond acceptors (Lipinski definition) is 4. The molecule has 0 aliphatic heterocycles. The number of likely N-dealkylation sites (N-methyl/N-ethyl adjacent to an activating group) is 1. The van der Waals surface area contributed by atoms with Crippen molar-refractivity contribution in [1.29, 1.82) is 5.26 Å². The van der Waals surface area contributed by atoms with Crippen LogP contribution in [0.3, 0.4) is 0 Å². The fourth-order valence-corrected chi connectivity index (χ4v) is 3.13. The first-order chi connectivity index (χ1) is 11.9. The molecule has 0 fully saturated rings. The van der Waals surface area contributed by atoms with Gasteiger partial charge in [0, 0.05) is 24.0 Å². The molecule has 5 nitrogen and oxygen atoms in total. The SMILES string of the molecule is CCN(c1ccc(C#N)c(C(F)(F)F)c1)C1C=C(n2cncn2)CC1. The number of rotatable bonds is 4. The monoisotopic (exact) mass is 347 g/mol. The van der Waals surface area contributed by atoms with Crippen molar-refractivity contribution in [3.63, 3.8) is 0 Å². The van der Waals surface area contributed by atoms with Crippen LogP contribution in [0.5, 0.6) is 0 Å². The second kappa shape index (κ2) is 6.59. The van der Waals surface area contributed by atoms with Gasteiger partial charge in [-0.2, -0.15) is 23.5 Å². The van der Waals surface area contributed by atoms with E-state index in [4.69, 9.17) is 5.26 Å². The Labute approximate surface area is 143 Å². The number of alkyl halides is 3. The van der Waals surface area contributed by atoms with Crippen molar-refractivity contribution in [3.05, 3.63) is 48.1 Å². The van der Waals surface area contributed by atoms with Crippen LogP contribution in [0.1, 0.15) is 30.9 Å². The zero-order chi connectivity index (χ0) is 18.0. The molecule has 2 aromatic rings. The summed E-state index contributed by atoms with van der Waals surface area (Å²) in [4.78, 5) is 5.82. The molecule has 0 amide bonds. The number of benzene rings is 1. The zero-order valence-corrected chi connectivity index (χ0v) is 13.5. The van der Waals surface area contributed by atoms with Crippen molar-refractivity contribution in [2.45, 2.75) is 32.0 Å². The van der Waals surface area contributed by atoms with Crippen LogP contribution in [0.25, 0.3) is 5.70 Å². The molecule has 1 aromatic heterocycles. The quantitative estimate of drug-likeness (QED) is 0.846. The lowest BCUT2D eigenvalue weighted by atomic mass is 10.1. The fourth-order valence-electron chi connectivity index (χ4n) is 3.13. The Morgan fingerprint density at radius 3 is 2.80 bits per heavy atom. The van der Waals surface area contributed by atoms with Crippen LogP contribution in [-0.2, 0) is 6.18 Å². The van der Waals surface area contributed by atoms with Crippen molar-refractivity contribution in [3.8, 4) is 6.07 Å². The third kappa shape index (κ3) is 3.36. The number of hydrogen-bond donors (Lipinski definition) is 0. The molecule has 1 atom stereocenters. The van der Waals surface area contributed by atoms with Gasteiger partial charge in [0.15, 0.2) is 0 Å². The van der Waals surface area contributed by atoms with Crippen molar-refractivity contribution >= 4 is 11.4 Å². The van der Waals surface area contributed by atoms with E-state index in [2.05, 4.69) is 10.1 Å². The summed E-state index contributed by atoms with van der Waals surface area (Å²) in [6.45, 7) is 2.45. The Kier molecular flexibility index (Phi) is 4.49. The lowest BCUT2D eigenvalue weighted by molar-refractivity contribution is -0.137. The molecule has 1 heterocycles. The van der Waals surface area contributed by atoms with Crippen LogP contribution in [0.15, 0.2) is 36.9 Å². The maximum atomic E-state index is 13.2. The van der Waals surface area contributed by atoms with Gasteiger partial charge in [-0.05, 0) is 44.0 Å². The van der Waals surface area contributed by atoms with Crippen LogP contribution in [-0.4, -0.2) is 27.4 Å². The van der Waals surface area contributed by atoms with E-state index in [0.29, 0.717) is 12.2 Å². The van der Waals surface area contributed by atoms with Crippen LogP contribution < -0.4 is 4.90 Å². The number of nitrogens with zero attached hydrogens (tertiary/aromatic N) is 5. The average Bonchev–Trinajstić information content (AvgIpc) is 3.26. The van der Waals surface area contributed by atoms with Crippen molar-refractivity contribution in [1.82, 2.24) is 14.8 Å². The first kappa shape index (κ1) is 17.0. The molecule has 1 aromatic carbocycles. The van der Waals surface area contributed by atoms with Gasteiger partial charge in [0.25, 0.3) is 0 Å². The van der Waals surface area contributed by atoms with Crippen LogP contribution >= 0.6 is 0 Å². The van der Waals surface area contributed by atoms with E-state index >= 15 is 0 Å². The lowest BCUT2D eigenvalue weighted by Crippen LogP contribution is -2.32. The molecular weight excluding hydrogens is 331 g/mol. The Hall–Kier alpha value is -2.82. The summed E-state index contributed by atoms with van der Waals surface area (Å²) >= 11 is 0. The van der Waals surface area contributed by atoms with Gasteiger partial charge < -0.3 is 4.90 Å². The highest BCUT2D eigenvalue weighted by Gasteiger charge is 2.34. The number of halogens is 3. The second-order valence-corrected chi connectivity index (χ2v) is 5.73. The number of allylic oxidation sites excluding steroid dienone is 1. The third-order valence-corrected chi connectivity index (χ3v) is 4.30. The fraction of sp³-hybridized carbons (Fsp3) is 0.353. The van der Waals surface area contributed by atoms with Gasteiger partial charge in [-0.25, -0.2) is 9.67 Å². The molecule has 3 rings (SSSR count). The number of anilines is 1. The standard InChI is InChI=1S/C17H16F3N5/c1-2-24(13-5-6-15(7-13)25-11-22-10-23-25)14-4-3-12(9-21)16(8-14)17(18,19)20/h3-4,7-8,10-11,13H,2,5-6H2,1H3. The van der Waals surface area contributed by atoms with E-state index in [-0.39, 0.29) is 11.6 Å². The summed E-state index contributed by atoms with van der Waals surface area (Å²) in [6, 6.07) is 5.44. The van der Waals surface area contributed by atoms with E-state index in [1.54, 1.807) is 23.1 Å². The maximum Gasteiger partial charge on any atom is 0.417 e. The molecule has 0 spiro atoms. The predicted octanol–water partition coefficient (Wildman–Crippen LogP) is 3.70. The Balaban J connectivity index is 1.93. The number of aromatic nitrogens is 3. The van der Waals surface area contributed by atoms with E-state index in [1.807, 2.05) is 17.9 Å². The summed E-state index contributed by atoms with van der Waals surface area (Å²) in [5, 5.41) is 13.0. The predicted molar refractivity (Wildman–Crippen MR) is 86.5 cm³/mol. The van der Waals surface area contributed by atoms with Gasteiger partial charge in [0.05, 0.1) is 17.2 Å². The molecule has 1 aliphatic carbocycles. The summed E-state index contributed by atoms with van der Waals surface area (Å²) < 4.78 is 41.3. The highest BCUT2D eigenvalue weighted by Crippen LogP contribution is 2.36. The molecule has 1 aliphatic rings. The second-order valence-electron chi connectivity index (χ2n) is 5.73. The van der Waals surface area contributed by atoms with Gasteiger partial charge in [0.2, 0.25) is 0 Å². The molecule has 1 unspecified atom stereocenters. The molecule has 8 heteroatoms. The van der Waals surface area contributed by atoms with Gasteiger partial charge >= 0.3 is 6.18 Å². The van der Waals surface area contributed by atoms with E-state index in [0.717, 1.165) is 24.6 Å². The molecule has 25 heavy (non-hydrogen) atoms. The Morgan fingerprint density at radius 1 is 1.40 bits per heavy atom. The summed E-state index contributed by atoms with van der Waals surface area (Å²) in [5.41, 5.74) is 0.169. The molecule has 0 N–H and O–H groups in total. The summed E-state index contributed by atoms with van der Waals surface area (Å²) in [5.74, 6) is 0. The molecule has 0 radical (unpaired) electrons. The Morgan fingerprint density at radius 2 is 2.20 bits per heavy atom. The first-order valence-corrected chi connectivity index (χ1v) is 7.87. The van der Waals surface area contributed by atoms with Crippen molar-refractivity contribution in [2.24, 2.45) is 0 Å². The maximum absolute atomic E-state index is 13.2. The molecule has 130 valence electrons. The normalized spacial score (nSPS) is 17.2. The first-order valence-electron chi connectivity index (χ1n) is 7.87. The Bertz CT molecular complexity index is 818. The van der Waals surface area contributed by atoms with Crippen LogP contribution in [0.4, 0.5) is 18.9 Å². The molecule has 0 saturated heterocycles. The van der Waals surface area contributed by atoms with Crippen molar-refractivity contribution in [2.75, 3.05) is 11.4 Å². The topological polar surface area (TPSA) is 57.7 Å². The molecule has 0 saturated carbocycles. The largest absolute Gasteiger partial charge is 0.417 e. The summed E-state index contributed by atoms with van der Waals surface area (Å²) in [6.07, 6.45) is 2.05. The highest BCUT2D eigenvalue weighted by molar-refractivity contribution is 5.59. The van der Waals surface area contributed by atoms with E-state index in [1.165, 1.54) is 12.4 Å². The molecule has 0 bridgehead atoms. The smallest absolute Gasteiger partial charge is 0.365 e. The van der Waals surface area contributed by atoms with Gasteiger partial charge in [-0.3, -0.25) is 0 Å². The minimum absolute atomic E-state index is 0.0294. The van der Waals surface area contributed by atoms with Gasteiger partial charge in [-0.15, -0.1) is 0 Å². The minimum Gasteiger partial charge on any atom is -0.365 e. The minimum atomic E-state index is -4.56. The van der Waals surface area contributed by atoms with Gasteiger partial charge in [-0.1, -0.05) is 0 Å². The highest BCUT2D eigenvalue weighted by atomic mass is 19.4. The average molecular weight is 347 g/mol. The molecular formula is C17H16F3N5. The van der Waals surface area contributed by atoms with Crippen LogP contribution in [0, 0.1) is 11.3 Å². The van der Waals surface area contributed by atoms with E-state index in [9.17, 15) is 13.2 Å². The summed E-state index contributed by atoms with van der Waals surface area (Å²) in [7, 11) is 0. The third-order valence-electron chi connectivity index (χ3n) is 4.30. The zero-order valence-electron chi connectivity index (χ0n) is 13.5. The van der Waals surface area contributed by atoms with Crippen LogP contribution in [0.2, 0.25) is 0 Å². The van der Waals surface area contributed by atoms with Gasteiger partial charge in [0.1, 0.15) is 12.7 Å².